The van der Waals surface area contributed by atoms with E-state index in [4.69, 9.17) is 9.26 Å². The van der Waals surface area contributed by atoms with Gasteiger partial charge < -0.3 is 14.6 Å². The number of halogens is 2. The number of rotatable bonds is 4. The van der Waals surface area contributed by atoms with Gasteiger partial charge in [-0.05, 0) is 50.7 Å². The zero-order chi connectivity index (χ0) is 18.5. The predicted octanol–water partition coefficient (Wildman–Crippen LogP) is 3.94. The van der Waals surface area contributed by atoms with Crippen molar-refractivity contribution >= 4 is 5.97 Å². The van der Waals surface area contributed by atoms with Gasteiger partial charge in [-0.15, -0.1) is 0 Å². The molecule has 2 bridgehead atoms. The maximum Gasteiger partial charge on any atom is 0.344 e. The van der Waals surface area contributed by atoms with Crippen molar-refractivity contribution in [3.8, 4) is 11.3 Å². The van der Waals surface area contributed by atoms with Gasteiger partial charge in [-0.3, -0.25) is 0 Å². The molecule has 3 fully saturated rings. The van der Waals surface area contributed by atoms with Crippen molar-refractivity contribution in [1.82, 2.24) is 10.5 Å². The van der Waals surface area contributed by atoms with Crippen LogP contribution in [-0.4, -0.2) is 29.3 Å². The summed E-state index contributed by atoms with van der Waals surface area (Å²) in [6.45, 7) is 0. The zero-order valence-corrected chi connectivity index (χ0v) is 14.7. The van der Waals surface area contributed by atoms with E-state index in [-0.39, 0.29) is 28.8 Å². The SMILES string of the molecule is O=C(OC1C[C@H]2CC[C@@H](C1)N2)c1c(-c2c(F)cccc2F)noc1C1CC1. The maximum absolute atomic E-state index is 14.3. The first-order chi connectivity index (χ1) is 13.1. The minimum atomic E-state index is -0.778. The van der Waals surface area contributed by atoms with E-state index in [2.05, 4.69) is 10.5 Å². The van der Waals surface area contributed by atoms with Gasteiger partial charge in [-0.25, -0.2) is 13.6 Å². The van der Waals surface area contributed by atoms with E-state index in [0.29, 0.717) is 17.8 Å². The third-order valence-electron chi connectivity index (χ3n) is 5.77. The molecule has 5 rings (SSSR count). The molecular weight excluding hydrogens is 354 g/mol. The Kier molecular flexibility index (Phi) is 4.00. The number of carbonyl (C=O) groups excluding carboxylic acids is 1. The zero-order valence-electron chi connectivity index (χ0n) is 14.7. The third-order valence-corrected chi connectivity index (χ3v) is 5.77. The standard InChI is InChI=1S/C20H20F2N2O3/c21-14-2-1-3-15(22)16(14)18-17(19(27-24-18)10-4-5-10)20(25)26-13-8-11-6-7-12(9-13)23-11/h1-3,10-13,23H,4-9H2/t11-,12+,13?. The van der Waals surface area contributed by atoms with E-state index in [1.54, 1.807) is 0 Å². The summed E-state index contributed by atoms with van der Waals surface area (Å²) in [7, 11) is 0. The van der Waals surface area contributed by atoms with Crippen molar-refractivity contribution in [3.63, 3.8) is 0 Å². The van der Waals surface area contributed by atoms with Gasteiger partial charge in [0.05, 0.1) is 5.56 Å². The number of piperidine rings is 1. The summed E-state index contributed by atoms with van der Waals surface area (Å²) in [6, 6.07) is 4.30. The molecular formula is C20H20F2N2O3. The first-order valence-electron chi connectivity index (χ1n) is 9.51. The molecule has 0 amide bonds. The number of benzene rings is 1. The summed E-state index contributed by atoms with van der Waals surface area (Å²) < 4.78 is 39.7. The topological polar surface area (TPSA) is 64.4 Å². The Labute approximate surface area is 155 Å². The Morgan fingerprint density at radius 1 is 1.11 bits per heavy atom. The minimum absolute atomic E-state index is 0.0628. The molecule has 7 heteroatoms. The molecule has 1 aromatic carbocycles. The largest absolute Gasteiger partial charge is 0.459 e. The normalized spacial score (nSPS) is 27.0. The lowest BCUT2D eigenvalue weighted by atomic mass is 10.0. The molecule has 142 valence electrons. The van der Waals surface area contributed by atoms with E-state index in [0.717, 1.165) is 50.7 Å². The van der Waals surface area contributed by atoms with Gasteiger partial charge in [0.2, 0.25) is 0 Å². The number of nitrogens with one attached hydrogen (secondary N) is 1. The van der Waals surface area contributed by atoms with E-state index < -0.39 is 17.6 Å². The molecule has 5 nitrogen and oxygen atoms in total. The molecule has 1 aromatic heterocycles. The van der Waals surface area contributed by atoms with Gasteiger partial charge in [-0.1, -0.05) is 11.2 Å². The van der Waals surface area contributed by atoms with Crippen molar-refractivity contribution in [2.45, 2.75) is 62.6 Å². The van der Waals surface area contributed by atoms with Crippen molar-refractivity contribution < 1.29 is 22.8 Å². The lowest BCUT2D eigenvalue weighted by Gasteiger charge is -2.28. The van der Waals surface area contributed by atoms with Crippen molar-refractivity contribution in [1.29, 1.82) is 0 Å². The second-order valence-electron chi connectivity index (χ2n) is 7.78. The lowest BCUT2D eigenvalue weighted by Crippen LogP contribution is -2.42. The number of hydrogen-bond donors (Lipinski definition) is 1. The summed E-state index contributed by atoms with van der Waals surface area (Å²) in [6.07, 6.45) is 5.23. The van der Waals surface area contributed by atoms with Crippen molar-refractivity contribution in [2.75, 3.05) is 0 Å². The summed E-state index contributed by atoms with van der Waals surface area (Å²) in [5, 5.41) is 7.36. The molecule has 1 aliphatic carbocycles. The molecule has 2 saturated heterocycles. The van der Waals surface area contributed by atoms with Crippen LogP contribution in [0.5, 0.6) is 0 Å². The van der Waals surface area contributed by atoms with Gasteiger partial charge in [0.1, 0.15) is 29.0 Å². The van der Waals surface area contributed by atoms with Crippen LogP contribution in [0.1, 0.15) is 60.6 Å². The Morgan fingerprint density at radius 3 is 2.41 bits per heavy atom. The van der Waals surface area contributed by atoms with Gasteiger partial charge in [0, 0.05) is 18.0 Å². The fraction of sp³-hybridized carbons (Fsp3) is 0.500. The molecule has 2 aliphatic heterocycles. The average Bonchev–Trinajstić information content (AvgIpc) is 3.30. The van der Waals surface area contributed by atoms with Crippen LogP contribution < -0.4 is 5.32 Å². The van der Waals surface area contributed by atoms with Crippen molar-refractivity contribution in [2.24, 2.45) is 0 Å². The average molecular weight is 374 g/mol. The Morgan fingerprint density at radius 2 is 1.78 bits per heavy atom. The van der Waals surface area contributed by atoms with Gasteiger partial charge >= 0.3 is 5.97 Å². The third kappa shape index (κ3) is 3.04. The molecule has 3 heterocycles. The molecule has 3 atom stereocenters. The Hall–Kier alpha value is -2.28. The molecule has 1 saturated carbocycles. The van der Waals surface area contributed by atoms with E-state index in [9.17, 15) is 13.6 Å². The molecule has 2 aromatic rings. The smallest absolute Gasteiger partial charge is 0.344 e. The Balaban J connectivity index is 1.49. The highest BCUT2D eigenvalue weighted by atomic mass is 19.1. The van der Waals surface area contributed by atoms with Gasteiger partial charge in [0.15, 0.2) is 5.76 Å². The Bertz CT molecular complexity index is 861. The highest BCUT2D eigenvalue weighted by Gasteiger charge is 2.40. The van der Waals surface area contributed by atoms with Crippen molar-refractivity contribution in [3.05, 3.63) is 41.2 Å². The van der Waals surface area contributed by atoms with E-state index >= 15 is 0 Å². The number of hydrogen-bond acceptors (Lipinski definition) is 5. The highest BCUT2D eigenvalue weighted by Crippen LogP contribution is 2.45. The lowest BCUT2D eigenvalue weighted by molar-refractivity contribution is 0.0175. The molecule has 0 radical (unpaired) electrons. The molecule has 27 heavy (non-hydrogen) atoms. The van der Waals surface area contributed by atoms with Crippen LogP contribution in [-0.2, 0) is 4.74 Å². The number of ether oxygens (including phenoxy) is 1. The monoisotopic (exact) mass is 374 g/mol. The van der Waals surface area contributed by atoms with E-state index in [1.165, 1.54) is 6.07 Å². The van der Waals surface area contributed by atoms with Crippen LogP contribution in [0.25, 0.3) is 11.3 Å². The number of aromatic nitrogens is 1. The second kappa shape index (κ2) is 6.41. The predicted molar refractivity (Wildman–Crippen MR) is 92.2 cm³/mol. The summed E-state index contributed by atoms with van der Waals surface area (Å²) >= 11 is 0. The fourth-order valence-electron chi connectivity index (χ4n) is 4.33. The molecule has 0 spiro atoms. The quantitative estimate of drug-likeness (QED) is 0.822. The maximum atomic E-state index is 14.3. The first-order valence-corrected chi connectivity index (χ1v) is 9.51. The van der Waals surface area contributed by atoms with Crippen LogP contribution in [0.15, 0.2) is 22.7 Å². The number of carbonyl (C=O) groups is 1. The van der Waals surface area contributed by atoms with Crippen LogP contribution in [0.3, 0.4) is 0 Å². The van der Waals surface area contributed by atoms with Gasteiger partial charge in [-0.2, -0.15) is 0 Å². The molecule has 3 aliphatic rings. The number of fused-ring (bicyclic) bond motifs is 2. The molecule has 1 unspecified atom stereocenters. The second-order valence-corrected chi connectivity index (χ2v) is 7.78. The van der Waals surface area contributed by atoms with Crippen LogP contribution in [0.2, 0.25) is 0 Å². The fourth-order valence-corrected chi connectivity index (χ4v) is 4.33. The number of nitrogens with zero attached hydrogens (tertiary/aromatic N) is 1. The van der Waals surface area contributed by atoms with E-state index in [1.807, 2.05) is 0 Å². The van der Waals surface area contributed by atoms with Crippen LogP contribution >= 0.6 is 0 Å². The first kappa shape index (κ1) is 16.9. The summed E-state index contributed by atoms with van der Waals surface area (Å²) in [4.78, 5) is 13.0. The summed E-state index contributed by atoms with van der Waals surface area (Å²) in [5.74, 6) is -1.70. The summed E-state index contributed by atoms with van der Waals surface area (Å²) in [5.41, 5.74) is -0.368. The number of esters is 1. The van der Waals surface area contributed by atoms with Crippen LogP contribution in [0, 0.1) is 11.6 Å². The molecule has 1 N–H and O–H groups in total. The van der Waals surface area contributed by atoms with Crippen LogP contribution in [0.4, 0.5) is 8.78 Å². The minimum Gasteiger partial charge on any atom is -0.459 e. The highest BCUT2D eigenvalue weighted by molar-refractivity contribution is 5.97. The van der Waals surface area contributed by atoms with Gasteiger partial charge in [0.25, 0.3) is 0 Å².